The molecule has 1 aliphatic rings. The number of aryl methyl sites for hydroxylation is 1. The van der Waals surface area contributed by atoms with E-state index in [1.807, 2.05) is 23.1 Å². The van der Waals surface area contributed by atoms with Gasteiger partial charge in [0.05, 0.1) is 6.54 Å². The Morgan fingerprint density at radius 2 is 1.59 bits per heavy atom. The zero-order valence-corrected chi connectivity index (χ0v) is 16.8. The van der Waals surface area contributed by atoms with Gasteiger partial charge in [0.2, 0.25) is 5.91 Å². The molecule has 2 aromatic carbocycles. The van der Waals surface area contributed by atoms with E-state index in [-0.39, 0.29) is 11.9 Å². The molecule has 0 spiro atoms. The van der Waals surface area contributed by atoms with Gasteiger partial charge in [-0.2, -0.15) is 0 Å². The van der Waals surface area contributed by atoms with Crippen LogP contribution < -0.4 is 4.90 Å². The van der Waals surface area contributed by atoms with Crippen LogP contribution in [0.3, 0.4) is 0 Å². The molecule has 0 aliphatic carbocycles. The first-order valence-electron chi connectivity index (χ1n) is 9.91. The zero-order chi connectivity index (χ0) is 19.2. The van der Waals surface area contributed by atoms with Gasteiger partial charge >= 0.3 is 0 Å². The van der Waals surface area contributed by atoms with Crippen molar-refractivity contribution in [3.05, 3.63) is 65.7 Å². The minimum absolute atomic E-state index is 0.200. The normalized spacial score (nSPS) is 15.2. The van der Waals surface area contributed by atoms with Gasteiger partial charge in [-0.05, 0) is 38.0 Å². The van der Waals surface area contributed by atoms with Crippen LogP contribution in [0, 0.1) is 6.92 Å². The molecular weight excluding hydrogens is 334 g/mol. The summed E-state index contributed by atoms with van der Waals surface area (Å²) in [5.41, 5.74) is 3.82. The molecule has 1 fully saturated rings. The van der Waals surface area contributed by atoms with Gasteiger partial charge in [-0.25, -0.2) is 0 Å². The fourth-order valence-corrected chi connectivity index (χ4v) is 3.69. The van der Waals surface area contributed by atoms with Gasteiger partial charge < -0.3 is 9.80 Å². The van der Waals surface area contributed by atoms with Crippen molar-refractivity contribution < 1.29 is 4.79 Å². The van der Waals surface area contributed by atoms with E-state index < -0.39 is 0 Å². The van der Waals surface area contributed by atoms with Crippen LogP contribution in [-0.2, 0) is 11.3 Å². The first-order valence-corrected chi connectivity index (χ1v) is 9.91. The Kier molecular flexibility index (Phi) is 6.51. The summed E-state index contributed by atoms with van der Waals surface area (Å²) in [6, 6.07) is 19.0. The lowest BCUT2D eigenvalue weighted by molar-refractivity contribution is -0.134. The highest BCUT2D eigenvalue weighted by Crippen LogP contribution is 2.21. The minimum Gasteiger partial charge on any atom is -0.369 e. The summed E-state index contributed by atoms with van der Waals surface area (Å²) < 4.78 is 0. The Balaban J connectivity index is 1.55. The molecule has 0 N–H and O–H groups in total. The molecule has 0 saturated carbocycles. The standard InChI is InChI=1S/C23H31N3O/c1-19(2)26(17-21-10-5-4-6-11-21)23(27)18-24-13-15-25(16-14-24)22-12-8-7-9-20(22)3/h4-12,19H,13-18H2,1-3H3. The highest BCUT2D eigenvalue weighted by atomic mass is 16.2. The predicted molar refractivity (Wildman–Crippen MR) is 112 cm³/mol. The molecule has 4 heteroatoms. The molecule has 0 bridgehead atoms. The number of carbonyl (C=O) groups is 1. The molecule has 0 atom stereocenters. The summed E-state index contributed by atoms with van der Waals surface area (Å²) in [4.78, 5) is 19.6. The van der Waals surface area contributed by atoms with Crippen molar-refractivity contribution in [1.82, 2.24) is 9.80 Å². The summed E-state index contributed by atoms with van der Waals surface area (Å²) in [6.45, 7) is 11.3. The fourth-order valence-electron chi connectivity index (χ4n) is 3.69. The lowest BCUT2D eigenvalue weighted by Gasteiger charge is -2.37. The van der Waals surface area contributed by atoms with E-state index in [0.29, 0.717) is 13.1 Å². The molecule has 3 rings (SSSR count). The third-order valence-electron chi connectivity index (χ3n) is 5.33. The van der Waals surface area contributed by atoms with Crippen molar-refractivity contribution in [1.29, 1.82) is 0 Å². The first kappa shape index (κ1) is 19.4. The van der Waals surface area contributed by atoms with Crippen LogP contribution >= 0.6 is 0 Å². The molecule has 1 aliphatic heterocycles. The highest BCUT2D eigenvalue weighted by molar-refractivity contribution is 5.78. The smallest absolute Gasteiger partial charge is 0.237 e. The average Bonchev–Trinajstić information content (AvgIpc) is 2.68. The van der Waals surface area contributed by atoms with Crippen LogP contribution in [-0.4, -0.2) is 54.5 Å². The van der Waals surface area contributed by atoms with Crippen molar-refractivity contribution in [2.45, 2.75) is 33.4 Å². The second-order valence-electron chi connectivity index (χ2n) is 7.65. The third kappa shape index (κ3) is 5.10. The van der Waals surface area contributed by atoms with E-state index in [9.17, 15) is 4.79 Å². The Hall–Kier alpha value is -2.33. The van der Waals surface area contributed by atoms with E-state index >= 15 is 0 Å². The minimum atomic E-state index is 0.200. The van der Waals surface area contributed by atoms with E-state index in [4.69, 9.17) is 0 Å². The Morgan fingerprint density at radius 3 is 2.22 bits per heavy atom. The number of hydrogen-bond acceptors (Lipinski definition) is 3. The fraction of sp³-hybridized carbons (Fsp3) is 0.435. The molecule has 0 radical (unpaired) electrons. The highest BCUT2D eigenvalue weighted by Gasteiger charge is 2.23. The number of carbonyl (C=O) groups excluding carboxylic acids is 1. The molecule has 144 valence electrons. The molecule has 1 heterocycles. The lowest BCUT2D eigenvalue weighted by Crippen LogP contribution is -2.51. The maximum absolute atomic E-state index is 12.9. The van der Waals surface area contributed by atoms with Gasteiger partial charge in [-0.3, -0.25) is 9.69 Å². The molecule has 1 saturated heterocycles. The molecular formula is C23H31N3O. The predicted octanol–water partition coefficient (Wildman–Crippen LogP) is 3.55. The number of piperazine rings is 1. The van der Waals surface area contributed by atoms with E-state index in [0.717, 1.165) is 26.2 Å². The lowest BCUT2D eigenvalue weighted by atomic mass is 10.1. The Morgan fingerprint density at radius 1 is 0.963 bits per heavy atom. The molecule has 0 unspecified atom stereocenters. The van der Waals surface area contributed by atoms with Gasteiger partial charge in [-0.15, -0.1) is 0 Å². The number of rotatable bonds is 6. The van der Waals surface area contributed by atoms with Crippen molar-refractivity contribution in [3.8, 4) is 0 Å². The maximum Gasteiger partial charge on any atom is 0.237 e. The van der Waals surface area contributed by atoms with Gasteiger partial charge in [0.15, 0.2) is 0 Å². The quantitative estimate of drug-likeness (QED) is 0.783. The van der Waals surface area contributed by atoms with Gasteiger partial charge in [0.1, 0.15) is 0 Å². The van der Waals surface area contributed by atoms with E-state index in [1.165, 1.54) is 16.8 Å². The number of hydrogen-bond donors (Lipinski definition) is 0. The zero-order valence-electron chi connectivity index (χ0n) is 16.8. The summed E-state index contributed by atoms with van der Waals surface area (Å²) in [5.74, 6) is 0.221. The van der Waals surface area contributed by atoms with Crippen LogP contribution in [0.15, 0.2) is 54.6 Å². The molecule has 27 heavy (non-hydrogen) atoms. The third-order valence-corrected chi connectivity index (χ3v) is 5.33. The van der Waals surface area contributed by atoms with Gasteiger partial charge in [-0.1, -0.05) is 48.5 Å². The van der Waals surface area contributed by atoms with Crippen molar-refractivity contribution in [2.24, 2.45) is 0 Å². The topological polar surface area (TPSA) is 26.8 Å². The van der Waals surface area contributed by atoms with Crippen molar-refractivity contribution >= 4 is 11.6 Å². The van der Waals surface area contributed by atoms with Crippen LogP contribution in [0.5, 0.6) is 0 Å². The van der Waals surface area contributed by atoms with Crippen molar-refractivity contribution in [3.63, 3.8) is 0 Å². The van der Waals surface area contributed by atoms with Crippen LogP contribution in [0.4, 0.5) is 5.69 Å². The first-order chi connectivity index (χ1) is 13.0. The summed E-state index contributed by atoms with van der Waals surface area (Å²) in [6.07, 6.45) is 0. The average molecular weight is 366 g/mol. The second kappa shape index (κ2) is 9.05. The van der Waals surface area contributed by atoms with Gasteiger partial charge in [0.25, 0.3) is 0 Å². The number of anilines is 1. The number of amides is 1. The van der Waals surface area contributed by atoms with Gasteiger partial charge in [0, 0.05) is 44.5 Å². The number of para-hydroxylation sites is 1. The SMILES string of the molecule is Cc1ccccc1N1CCN(CC(=O)N(Cc2ccccc2)C(C)C)CC1. The van der Waals surface area contributed by atoms with E-state index in [2.05, 4.69) is 67.0 Å². The monoisotopic (exact) mass is 365 g/mol. The molecule has 2 aromatic rings. The number of benzene rings is 2. The number of nitrogens with zero attached hydrogens (tertiary/aromatic N) is 3. The van der Waals surface area contributed by atoms with Crippen LogP contribution in [0.2, 0.25) is 0 Å². The largest absolute Gasteiger partial charge is 0.369 e. The molecule has 4 nitrogen and oxygen atoms in total. The Bertz CT molecular complexity index is 736. The summed E-state index contributed by atoms with van der Waals surface area (Å²) in [7, 11) is 0. The van der Waals surface area contributed by atoms with Crippen molar-refractivity contribution in [2.75, 3.05) is 37.6 Å². The summed E-state index contributed by atoms with van der Waals surface area (Å²) >= 11 is 0. The van der Waals surface area contributed by atoms with Crippen LogP contribution in [0.25, 0.3) is 0 Å². The van der Waals surface area contributed by atoms with E-state index in [1.54, 1.807) is 0 Å². The Labute approximate surface area is 163 Å². The van der Waals surface area contributed by atoms with Crippen LogP contribution in [0.1, 0.15) is 25.0 Å². The molecule has 1 amide bonds. The second-order valence-corrected chi connectivity index (χ2v) is 7.65. The summed E-state index contributed by atoms with van der Waals surface area (Å²) in [5, 5.41) is 0. The molecule has 0 aromatic heterocycles. The maximum atomic E-state index is 12.9.